The van der Waals surface area contributed by atoms with Crippen LogP contribution in [0.25, 0.3) is 6.08 Å². The highest BCUT2D eigenvalue weighted by atomic mass is 35.5. The van der Waals surface area contributed by atoms with Gasteiger partial charge in [-0.1, -0.05) is 36.1 Å². The van der Waals surface area contributed by atoms with E-state index < -0.39 is 23.9 Å². The molecule has 0 bridgehead atoms. The van der Waals surface area contributed by atoms with E-state index in [1.54, 1.807) is 6.08 Å². The van der Waals surface area contributed by atoms with Crippen LogP contribution in [0.4, 0.5) is 5.69 Å². The lowest BCUT2D eigenvalue weighted by Gasteiger charge is -2.23. The number of anilines is 1. The summed E-state index contributed by atoms with van der Waals surface area (Å²) in [6.45, 7) is 1.30. The van der Waals surface area contributed by atoms with Crippen LogP contribution in [0.3, 0.4) is 0 Å². The Morgan fingerprint density at radius 3 is 2.27 bits per heavy atom. The highest BCUT2D eigenvalue weighted by Crippen LogP contribution is 2.35. The van der Waals surface area contributed by atoms with Gasteiger partial charge in [-0.2, -0.15) is 0 Å². The molecule has 2 rings (SSSR count). The lowest BCUT2D eigenvalue weighted by molar-refractivity contribution is -0.146. The zero-order valence-electron chi connectivity index (χ0n) is 15.8. The highest BCUT2D eigenvalue weighted by molar-refractivity contribution is 8.26. The molecule has 0 spiro atoms. The van der Waals surface area contributed by atoms with Crippen LogP contribution in [-0.4, -0.2) is 68.2 Å². The molecule has 1 fully saturated rings. The average molecular weight is 491 g/mol. The van der Waals surface area contributed by atoms with E-state index in [1.165, 1.54) is 0 Å². The number of carbonyl (C=O) groups excluding carboxylic acids is 1. The molecule has 1 aliphatic heterocycles. The number of halogens is 2. The van der Waals surface area contributed by atoms with E-state index in [1.807, 2.05) is 29.2 Å². The second-order valence-corrected chi connectivity index (χ2v) is 8.73. The fourth-order valence-corrected chi connectivity index (χ4v) is 4.64. The van der Waals surface area contributed by atoms with Crippen molar-refractivity contribution in [2.24, 2.45) is 0 Å². The van der Waals surface area contributed by atoms with Crippen LogP contribution >= 0.6 is 47.2 Å². The van der Waals surface area contributed by atoms with Crippen molar-refractivity contribution in [2.75, 3.05) is 29.7 Å². The van der Waals surface area contributed by atoms with E-state index in [0.717, 1.165) is 27.9 Å². The van der Waals surface area contributed by atoms with Crippen molar-refractivity contribution in [3.05, 3.63) is 34.7 Å². The number of hydrogen-bond donors (Lipinski definition) is 2. The quantitative estimate of drug-likeness (QED) is 0.276. The van der Waals surface area contributed by atoms with Crippen molar-refractivity contribution >= 4 is 81.1 Å². The Morgan fingerprint density at radius 2 is 1.77 bits per heavy atom. The largest absolute Gasteiger partial charge is 0.481 e. The first-order valence-electron chi connectivity index (χ1n) is 8.97. The van der Waals surface area contributed by atoms with Gasteiger partial charge in [0.2, 0.25) is 0 Å². The van der Waals surface area contributed by atoms with Crippen LogP contribution in [-0.2, 0) is 14.4 Å². The first-order chi connectivity index (χ1) is 14.3. The van der Waals surface area contributed by atoms with Crippen LogP contribution in [0, 0.1) is 0 Å². The van der Waals surface area contributed by atoms with Gasteiger partial charge in [0.25, 0.3) is 5.91 Å². The highest BCUT2D eigenvalue weighted by Gasteiger charge is 2.40. The number of thiocarbonyl (C=S) groups is 1. The van der Waals surface area contributed by atoms with Crippen molar-refractivity contribution < 1.29 is 24.6 Å². The Hall–Kier alpha value is -1.81. The fourth-order valence-electron chi connectivity index (χ4n) is 2.88. The Morgan fingerprint density at radius 1 is 1.17 bits per heavy atom. The molecule has 0 aromatic heterocycles. The molecule has 1 unspecified atom stereocenters. The molecule has 0 saturated carbocycles. The second-order valence-electron chi connectivity index (χ2n) is 6.29. The van der Waals surface area contributed by atoms with Gasteiger partial charge in [-0.25, -0.2) is 4.79 Å². The maximum atomic E-state index is 12.8. The van der Waals surface area contributed by atoms with Crippen molar-refractivity contribution in [2.45, 2.75) is 18.9 Å². The fraction of sp³-hybridized carbons (Fsp3) is 0.368. The monoisotopic (exact) mass is 490 g/mol. The van der Waals surface area contributed by atoms with Crippen molar-refractivity contribution in [3.63, 3.8) is 0 Å². The molecule has 1 aliphatic rings. The normalized spacial score (nSPS) is 16.2. The topological polar surface area (TPSA) is 98.1 Å². The Kier molecular flexibility index (Phi) is 9.41. The molecule has 162 valence electrons. The van der Waals surface area contributed by atoms with Crippen LogP contribution in [0.1, 0.15) is 18.4 Å². The summed E-state index contributed by atoms with van der Waals surface area (Å²) in [5.41, 5.74) is 1.69. The zero-order chi connectivity index (χ0) is 22.3. The van der Waals surface area contributed by atoms with Crippen LogP contribution < -0.4 is 4.90 Å². The third-order valence-corrected chi connectivity index (χ3v) is 5.99. The van der Waals surface area contributed by atoms with Crippen molar-refractivity contribution in [3.8, 4) is 0 Å². The number of thioether (sulfide) groups is 1. The molecule has 0 radical (unpaired) electrons. The van der Waals surface area contributed by atoms with Gasteiger partial charge < -0.3 is 15.1 Å². The molecule has 1 saturated heterocycles. The molecular formula is C19H20Cl2N2O5S2. The number of benzene rings is 1. The van der Waals surface area contributed by atoms with E-state index >= 15 is 0 Å². The summed E-state index contributed by atoms with van der Waals surface area (Å²) in [4.78, 5) is 38.4. The molecule has 1 heterocycles. The van der Waals surface area contributed by atoms with Crippen LogP contribution in [0.2, 0.25) is 0 Å². The van der Waals surface area contributed by atoms with Crippen LogP contribution in [0.5, 0.6) is 0 Å². The van der Waals surface area contributed by atoms with Gasteiger partial charge in [0, 0.05) is 37.0 Å². The molecule has 1 aromatic carbocycles. The Bertz CT molecular complexity index is 842. The van der Waals surface area contributed by atoms with Gasteiger partial charge in [0.15, 0.2) is 0 Å². The number of aliphatic carboxylic acids is 2. The lowest BCUT2D eigenvalue weighted by atomic mass is 10.1. The summed E-state index contributed by atoms with van der Waals surface area (Å²) in [7, 11) is 0. The minimum absolute atomic E-state index is 0.0936. The number of rotatable bonds is 11. The van der Waals surface area contributed by atoms with E-state index in [0.29, 0.717) is 24.8 Å². The first kappa shape index (κ1) is 24.5. The molecule has 1 aromatic rings. The Balaban J connectivity index is 2.19. The number of amides is 1. The molecule has 11 heteroatoms. The summed E-state index contributed by atoms with van der Waals surface area (Å²) in [5, 5.41) is 18.3. The van der Waals surface area contributed by atoms with E-state index in [-0.39, 0.29) is 22.1 Å². The molecular weight excluding hydrogens is 471 g/mol. The van der Waals surface area contributed by atoms with Crippen molar-refractivity contribution in [1.82, 2.24) is 4.90 Å². The minimum Gasteiger partial charge on any atom is -0.481 e. The molecule has 7 nitrogen and oxygen atoms in total. The van der Waals surface area contributed by atoms with Gasteiger partial charge >= 0.3 is 11.9 Å². The van der Waals surface area contributed by atoms with Gasteiger partial charge in [0.1, 0.15) is 10.4 Å². The molecule has 1 amide bonds. The second kappa shape index (κ2) is 11.5. The molecule has 0 aliphatic carbocycles. The maximum Gasteiger partial charge on any atom is 0.326 e. The Labute approximate surface area is 193 Å². The molecule has 30 heavy (non-hydrogen) atoms. The molecule has 1 atom stereocenters. The van der Waals surface area contributed by atoms with Gasteiger partial charge in [0.05, 0.1) is 4.91 Å². The van der Waals surface area contributed by atoms with Crippen molar-refractivity contribution in [1.29, 1.82) is 0 Å². The van der Waals surface area contributed by atoms with E-state index in [9.17, 15) is 19.5 Å². The zero-order valence-corrected chi connectivity index (χ0v) is 18.9. The van der Waals surface area contributed by atoms with E-state index in [4.69, 9.17) is 40.5 Å². The standard InChI is InChI=1S/C19H20Cl2N2O5S2/c20-7-9-22(10-8-21)13-3-1-12(2-4-13)11-15-17(26)23(19(29)30-15)14(18(27)28)5-6-16(24)25/h1-4,11,14H,5-10H2,(H,24,25)(H,27,28)/b15-11+. The predicted octanol–water partition coefficient (Wildman–Crippen LogP) is 3.49. The number of alkyl halides is 2. The number of carboxylic acids is 2. The SMILES string of the molecule is O=C(O)CCC(C(=O)O)N1C(=O)/C(=C\c2ccc(N(CCCl)CCCl)cc2)SC1=S. The summed E-state index contributed by atoms with van der Waals surface area (Å²) < 4.78 is 0.0936. The smallest absolute Gasteiger partial charge is 0.326 e. The summed E-state index contributed by atoms with van der Waals surface area (Å²) >= 11 is 17.8. The van der Waals surface area contributed by atoms with Crippen LogP contribution in [0.15, 0.2) is 29.2 Å². The molecule has 2 N–H and O–H groups in total. The number of carbonyl (C=O) groups is 3. The summed E-state index contributed by atoms with van der Waals surface area (Å²) in [5.74, 6) is -2.05. The van der Waals surface area contributed by atoms with Gasteiger partial charge in [-0.15, -0.1) is 23.2 Å². The summed E-state index contributed by atoms with van der Waals surface area (Å²) in [6.07, 6.45) is 1.03. The number of carboxylic acid groups (broad SMARTS) is 2. The minimum atomic E-state index is -1.32. The average Bonchev–Trinajstić information content (AvgIpc) is 2.96. The van der Waals surface area contributed by atoms with Gasteiger partial charge in [-0.3, -0.25) is 14.5 Å². The number of nitrogens with zero attached hydrogens (tertiary/aromatic N) is 2. The lowest BCUT2D eigenvalue weighted by Crippen LogP contribution is -2.44. The third kappa shape index (κ3) is 6.34. The first-order valence-corrected chi connectivity index (χ1v) is 11.3. The predicted molar refractivity (Wildman–Crippen MR) is 123 cm³/mol. The van der Waals surface area contributed by atoms with E-state index in [2.05, 4.69) is 0 Å². The van der Waals surface area contributed by atoms with Gasteiger partial charge in [-0.05, 0) is 30.2 Å². The maximum absolute atomic E-state index is 12.8. The number of hydrogen-bond acceptors (Lipinski definition) is 6. The third-order valence-electron chi connectivity index (χ3n) is 4.32. The summed E-state index contributed by atoms with van der Waals surface area (Å²) in [6, 6.07) is 6.12.